The maximum Gasteiger partial charge on any atom is 0.327 e. The number of hydrogen-bond donors (Lipinski definition) is 1. The van der Waals surface area contributed by atoms with Crippen molar-refractivity contribution in [2.45, 2.75) is 31.9 Å². The molecule has 0 aromatic heterocycles. The molecule has 1 aromatic rings. The molecule has 1 saturated carbocycles. The Morgan fingerprint density at radius 2 is 2.28 bits per heavy atom. The van der Waals surface area contributed by atoms with E-state index in [1.807, 2.05) is 6.92 Å². The fourth-order valence-electron chi connectivity index (χ4n) is 2.09. The minimum absolute atomic E-state index is 0.113. The number of halogens is 1. The molecule has 98 valence electrons. The fraction of sp³-hybridized carbons (Fsp3) is 0.500. The number of rotatable bonds is 5. The van der Waals surface area contributed by atoms with Crippen LogP contribution in [-0.4, -0.2) is 23.7 Å². The quantitative estimate of drug-likeness (QED) is 0.648. The largest absolute Gasteiger partial charge is 0.378 e. The molecule has 0 atom stereocenters. The summed E-state index contributed by atoms with van der Waals surface area (Å²) in [6.07, 6.45) is 1.79. The average molecular weight is 254 g/mol. The molecule has 0 unspecified atom stereocenters. The molecule has 0 heterocycles. The molecule has 2 rings (SSSR count). The van der Waals surface area contributed by atoms with E-state index in [2.05, 4.69) is 5.32 Å². The van der Waals surface area contributed by atoms with Gasteiger partial charge in [-0.05, 0) is 31.9 Å². The van der Waals surface area contributed by atoms with Gasteiger partial charge in [0.1, 0.15) is 5.69 Å². The Kier molecular flexibility index (Phi) is 3.76. The second kappa shape index (κ2) is 5.30. The summed E-state index contributed by atoms with van der Waals surface area (Å²) in [6.45, 7) is 2.59. The standard InChI is InChI=1S/C12H15FN2O3/c1-2-18-9-6-8(7-9)14-11-5-3-4-10(13)12(11)15(16)17/h3-5,8-9,14H,2,6-7H2,1H3. The lowest BCUT2D eigenvalue weighted by molar-refractivity contribution is -0.386. The highest BCUT2D eigenvalue weighted by atomic mass is 19.1. The molecule has 0 radical (unpaired) electrons. The van der Waals surface area contributed by atoms with Gasteiger partial charge in [-0.2, -0.15) is 4.39 Å². The third kappa shape index (κ3) is 2.59. The number of anilines is 1. The molecule has 1 N–H and O–H groups in total. The maximum absolute atomic E-state index is 13.4. The van der Waals surface area contributed by atoms with Crippen LogP contribution in [0.4, 0.5) is 15.8 Å². The van der Waals surface area contributed by atoms with E-state index in [4.69, 9.17) is 4.74 Å². The van der Waals surface area contributed by atoms with Gasteiger partial charge in [0.05, 0.1) is 11.0 Å². The van der Waals surface area contributed by atoms with Crippen LogP contribution in [0.5, 0.6) is 0 Å². The van der Waals surface area contributed by atoms with Crippen LogP contribution in [0.3, 0.4) is 0 Å². The van der Waals surface area contributed by atoms with Crippen molar-refractivity contribution in [3.05, 3.63) is 34.1 Å². The molecular formula is C12H15FN2O3. The van der Waals surface area contributed by atoms with Crippen molar-refractivity contribution in [3.63, 3.8) is 0 Å². The van der Waals surface area contributed by atoms with Crippen molar-refractivity contribution in [3.8, 4) is 0 Å². The van der Waals surface area contributed by atoms with Crippen LogP contribution >= 0.6 is 0 Å². The second-order valence-electron chi connectivity index (χ2n) is 4.28. The first-order chi connectivity index (χ1) is 8.61. The minimum Gasteiger partial charge on any atom is -0.378 e. The van der Waals surface area contributed by atoms with Crippen LogP contribution in [0.25, 0.3) is 0 Å². The molecule has 1 aliphatic rings. The highest BCUT2D eigenvalue weighted by Crippen LogP contribution is 2.32. The van der Waals surface area contributed by atoms with Crippen molar-refractivity contribution in [1.82, 2.24) is 0 Å². The van der Waals surface area contributed by atoms with Crippen molar-refractivity contribution in [2.24, 2.45) is 0 Å². The fourth-order valence-corrected chi connectivity index (χ4v) is 2.09. The first-order valence-electron chi connectivity index (χ1n) is 5.92. The zero-order valence-corrected chi connectivity index (χ0v) is 10.1. The molecule has 0 spiro atoms. The summed E-state index contributed by atoms with van der Waals surface area (Å²) in [5, 5.41) is 13.8. The van der Waals surface area contributed by atoms with E-state index in [0.717, 1.165) is 18.9 Å². The van der Waals surface area contributed by atoms with Gasteiger partial charge >= 0.3 is 5.69 Å². The number of hydrogen-bond acceptors (Lipinski definition) is 4. The molecule has 0 saturated heterocycles. The van der Waals surface area contributed by atoms with E-state index in [1.54, 1.807) is 0 Å². The molecular weight excluding hydrogens is 239 g/mol. The van der Waals surface area contributed by atoms with E-state index in [-0.39, 0.29) is 17.8 Å². The summed E-state index contributed by atoms with van der Waals surface area (Å²) < 4.78 is 18.8. The zero-order chi connectivity index (χ0) is 13.1. The number of para-hydroxylation sites is 1. The summed E-state index contributed by atoms with van der Waals surface area (Å²) in [5.74, 6) is -0.814. The van der Waals surface area contributed by atoms with Crippen LogP contribution in [-0.2, 0) is 4.74 Å². The molecule has 5 nitrogen and oxygen atoms in total. The van der Waals surface area contributed by atoms with Gasteiger partial charge in [0.15, 0.2) is 0 Å². The van der Waals surface area contributed by atoms with E-state index in [9.17, 15) is 14.5 Å². The molecule has 0 amide bonds. The number of benzene rings is 1. The van der Waals surface area contributed by atoms with E-state index in [1.165, 1.54) is 12.1 Å². The summed E-state index contributed by atoms with van der Waals surface area (Å²) in [4.78, 5) is 10.1. The third-order valence-electron chi connectivity index (χ3n) is 3.03. The maximum atomic E-state index is 13.4. The van der Waals surface area contributed by atoms with Gasteiger partial charge in [0, 0.05) is 12.6 Å². The number of nitro groups is 1. The minimum atomic E-state index is -0.814. The lowest BCUT2D eigenvalue weighted by Gasteiger charge is -2.35. The van der Waals surface area contributed by atoms with Crippen molar-refractivity contribution in [2.75, 3.05) is 11.9 Å². The van der Waals surface area contributed by atoms with E-state index in [0.29, 0.717) is 6.61 Å². The number of nitro benzene ring substituents is 1. The lowest BCUT2D eigenvalue weighted by atomic mass is 9.89. The van der Waals surface area contributed by atoms with Crippen LogP contribution in [0.2, 0.25) is 0 Å². The molecule has 1 fully saturated rings. The number of nitrogens with one attached hydrogen (secondary N) is 1. The summed E-state index contributed by atoms with van der Waals surface area (Å²) >= 11 is 0. The molecule has 0 bridgehead atoms. The molecule has 1 aromatic carbocycles. The Morgan fingerprint density at radius 3 is 2.89 bits per heavy atom. The van der Waals surface area contributed by atoms with Crippen molar-refractivity contribution >= 4 is 11.4 Å². The van der Waals surface area contributed by atoms with Gasteiger partial charge in [-0.1, -0.05) is 6.07 Å². The van der Waals surface area contributed by atoms with Crippen molar-refractivity contribution < 1.29 is 14.1 Å². The van der Waals surface area contributed by atoms with Gasteiger partial charge in [0.25, 0.3) is 0 Å². The van der Waals surface area contributed by atoms with Crippen LogP contribution < -0.4 is 5.32 Å². The smallest absolute Gasteiger partial charge is 0.327 e. The monoisotopic (exact) mass is 254 g/mol. The van der Waals surface area contributed by atoms with Gasteiger partial charge in [-0.3, -0.25) is 10.1 Å². The van der Waals surface area contributed by atoms with Gasteiger partial charge < -0.3 is 10.1 Å². The Balaban J connectivity index is 2.02. The first kappa shape index (κ1) is 12.8. The normalized spacial score (nSPS) is 22.3. The van der Waals surface area contributed by atoms with E-state index >= 15 is 0 Å². The van der Waals surface area contributed by atoms with Gasteiger partial charge in [-0.15, -0.1) is 0 Å². The number of nitrogens with zero attached hydrogens (tertiary/aromatic N) is 1. The zero-order valence-electron chi connectivity index (χ0n) is 10.1. The summed E-state index contributed by atoms with van der Waals surface area (Å²) in [5.41, 5.74) is -0.252. The predicted octanol–water partition coefficient (Wildman–Crippen LogP) is 2.71. The summed E-state index contributed by atoms with van der Waals surface area (Å²) in [7, 11) is 0. The average Bonchev–Trinajstić information content (AvgIpc) is 2.25. The van der Waals surface area contributed by atoms with Gasteiger partial charge in [-0.25, -0.2) is 0 Å². The SMILES string of the molecule is CCOC1CC(Nc2cccc(F)c2[N+](=O)[O-])C1. The predicted molar refractivity (Wildman–Crippen MR) is 65.1 cm³/mol. The Morgan fingerprint density at radius 1 is 1.56 bits per heavy atom. The van der Waals surface area contributed by atoms with Gasteiger partial charge in [0.2, 0.25) is 5.82 Å². The molecule has 18 heavy (non-hydrogen) atoms. The van der Waals surface area contributed by atoms with Crippen LogP contribution in [0.15, 0.2) is 18.2 Å². The Labute approximate surface area is 104 Å². The topological polar surface area (TPSA) is 64.4 Å². The van der Waals surface area contributed by atoms with Crippen molar-refractivity contribution in [1.29, 1.82) is 0 Å². The highest BCUT2D eigenvalue weighted by molar-refractivity contribution is 5.62. The summed E-state index contributed by atoms with van der Waals surface area (Å²) in [6, 6.07) is 4.19. The Hall–Kier alpha value is -1.69. The molecule has 6 heteroatoms. The third-order valence-corrected chi connectivity index (χ3v) is 3.03. The number of ether oxygens (including phenoxy) is 1. The Bertz CT molecular complexity index is 447. The molecule has 0 aliphatic heterocycles. The van der Waals surface area contributed by atoms with Crippen LogP contribution in [0, 0.1) is 15.9 Å². The second-order valence-corrected chi connectivity index (χ2v) is 4.28. The van der Waals surface area contributed by atoms with Crippen LogP contribution in [0.1, 0.15) is 19.8 Å². The highest BCUT2D eigenvalue weighted by Gasteiger charge is 2.31. The molecule has 1 aliphatic carbocycles. The lowest BCUT2D eigenvalue weighted by Crippen LogP contribution is -2.40. The van der Waals surface area contributed by atoms with E-state index < -0.39 is 16.4 Å². The first-order valence-corrected chi connectivity index (χ1v) is 5.92.